The van der Waals surface area contributed by atoms with Gasteiger partial charge in [0.1, 0.15) is 0 Å². The zero-order valence-corrected chi connectivity index (χ0v) is 16.6. The van der Waals surface area contributed by atoms with Crippen molar-refractivity contribution in [3.8, 4) is 0 Å². The minimum Gasteiger partial charge on any atom is -0.459 e. The first-order chi connectivity index (χ1) is 13.2. The molecule has 1 aliphatic heterocycles. The molecular weight excluding hydrogens is 360 g/mol. The Kier molecular flexibility index (Phi) is 6.81. The van der Waals surface area contributed by atoms with Crippen LogP contribution >= 0.6 is 11.8 Å². The number of nitrogens with one attached hydrogen (secondary N) is 2. The van der Waals surface area contributed by atoms with Gasteiger partial charge in [0.25, 0.3) is 5.91 Å². The molecule has 1 saturated heterocycles. The van der Waals surface area contributed by atoms with Gasteiger partial charge in [0.15, 0.2) is 11.7 Å². The Bertz CT molecular complexity index is 776. The predicted molar refractivity (Wildman–Crippen MR) is 111 cm³/mol. The average Bonchev–Trinajstić information content (AvgIpc) is 3.24. The number of amides is 1. The third kappa shape index (κ3) is 5.29. The van der Waals surface area contributed by atoms with E-state index in [9.17, 15) is 4.79 Å². The molecule has 144 valence electrons. The number of thioether (sulfide) groups is 1. The molecule has 2 aromatic rings. The van der Waals surface area contributed by atoms with Crippen LogP contribution in [0.4, 0.5) is 5.69 Å². The maximum absolute atomic E-state index is 12.1. The minimum absolute atomic E-state index is 0.252. The van der Waals surface area contributed by atoms with Crippen LogP contribution < -0.4 is 10.6 Å². The largest absolute Gasteiger partial charge is 0.459 e. The molecule has 1 amide bonds. The molecule has 3 rings (SSSR count). The Morgan fingerprint density at radius 2 is 2.26 bits per heavy atom. The third-order valence-corrected chi connectivity index (χ3v) is 5.86. The minimum atomic E-state index is -0.252. The molecule has 1 unspecified atom stereocenters. The Labute approximate surface area is 164 Å². The first-order valence-corrected chi connectivity index (χ1v) is 10.3. The first-order valence-electron chi connectivity index (χ1n) is 9.20. The van der Waals surface area contributed by atoms with Gasteiger partial charge in [-0.05, 0) is 36.2 Å². The Hall–Kier alpha value is -2.41. The number of hydrogen-bond donors (Lipinski definition) is 2. The average molecular weight is 387 g/mol. The van der Waals surface area contributed by atoms with Crippen LogP contribution in [0, 0.1) is 0 Å². The Morgan fingerprint density at radius 3 is 3.00 bits per heavy atom. The molecule has 0 bridgehead atoms. The number of guanidine groups is 1. The van der Waals surface area contributed by atoms with Crippen LogP contribution in [0.3, 0.4) is 0 Å². The molecule has 1 fully saturated rings. The summed E-state index contributed by atoms with van der Waals surface area (Å²) in [6, 6.07) is 11.1. The highest BCUT2D eigenvalue weighted by Crippen LogP contribution is 2.21. The molecule has 0 radical (unpaired) electrons. The maximum atomic E-state index is 12.1. The summed E-state index contributed by atoms with van der Waals surface area (Å²) >= 11 is 2.04. The predicted octanol–water partition coefficient (Wildman–Crippen LogP) is 3.43. The van der Waals surface area contributed by atoms with Crippen molar-refractivity contribution in [2.75, 3.05) is 31.2 Å². The van der Waals surface area contributed by atoms with E-state index in [0.29, 0.717) is 17.6 Å². The number of rotatable bonds is 5. The molecule has 27 heavy (non-hydrogen) atoms. The van der Waals surface area contributed by atoms with Crippen LogP contribution in [0.15, 0.2) is 52.1 Å². The van der Waals surface area contributed by atoms with Crippen LogP contribution in [0.2, 0.25) is 0 Å². The molecule has 0 aliphatic carbocycles. The van der Waals surface area contributed by atoms with E-state index in [-0.39, 0.29) is 5.91 Å². The number of benzene rings is 1. The van der Waals surface area contributed by atoms with Crippen LogP contribution in [0.5, 0.6) is 0 Å². The maximum Gasteiger partial charge on any atom is 0.291 e. The summed E-state index contributed by atoms with van der Waals surface area (Å²) < 4.78 is 5.13. The van der Waals surface area contributed by atoms with E-state index in [0.717, 1.165) is 36.1 Å². The van der Waals surface area contributed by atoms with Gasteiger partial charge in [0.2, 0.25) is 0 Å². The fraction of sp³-hybridized carbons (Fsp3) is 0.400. The zero-order chi connectivity index (χ0) is 19.1. The number of nitrogens with zero attached hydrogens (tertiary/aromatic N) is 2. The van der Waals surface area contributed by atoms with Crippen molar-refractivity contribution in [2.24, 2.45) is 4.99 Å². The van der Waals surface area contributed by atoms with E-state index in [1.54, 1.807) is 12.1 Å². The van der Waals surface area contributed by atoms with Crippen LogP contribution in [0.1, 0.15) is 29.5 Å². The SMILES string of the molecule is CCC1CN(C(=NC)NCc2cccc(NC(=O)c3ccco3)c2)CCS1. The molecule has 6 nitrogen and oxygen atoms in total. The lowest BCUT2D eigenvalue weighted by Gasteiger charge is -2.34. The van der Waals surface area contributed by atoms with Crippen molar-refractivity contribution in [2.45, 2.75) is 25.1 Å². The highest BCUT2D eigenvalue weighted by atomic mass is 32.2. The number of furan rings is 1. The van der Waals surface area contributed by atoms with E-state index in [1.807, 2.05) is 43.1 Å². The van der Waals surface area contributed by atoms with Crippen molar-refractivity contribution in [1.29, 1.82) is 0 Å². The Morgan fingerprint density at radius 1 is 1.37 bits per heavy atom. The number of aliphatic imine (C=N–C) groups is 1. The summed E-state index contributed by atoms with van der Waals surface area (Å²) in [5.74, 6) is 2.11. The molecule has 0 saturated carbocycles. The van der Waals surface area contributed by atoms with Gasteiger partial charge in [-0.25, -0.2) is 0 Å². The van der Waals surface area contributed by atoms with Gasteiger partial charge in [0, 0.05) is 43.4 Å². The summed E-state index contributed by atoms with van der Waals surface area (Å²) in [5.41, 5.74) is 1.82. The standard InChI is InChI=1S/C20H26N4O2S/c1-3-17-14-24(9-11-27-17)20(21-2)22-13-15-6-4-7-16(12-15)23-19(25)18-8-5-10-26-18/h4-8,10,12,17H,3,9,11,13-14H2,1-2H3,(H,21,22)(H,23,25). The van der Waals surface area contributed by atoms with E-state index in [2.05, 4.69) is 27.4 Å². The van der Waals surface area contributed by atoms with Gasteiger partial charge in [-0.1, -0.05) is 19.1 Å². The van der Waals surface area contributed by atoms with E-state index in [4.69, 9.17) is 4.42 Å². The second-order valence-electron chi connectivity index (χ2n) is 6.38. The van der Waals surface area contributed by atoms with Crippen molar-refractivity contribution in [3.05, 3.63) is 54.0 Å². The Balaban J connectivity index is 1.58. The van der Waals surface area contributed by atoms with Crippen LogP contribution in [-0.2, 0) is 6.54 Å². The number of anilines is 1. The van der Waals surface area contributed by atoms with Crippen LogP contribution in [-0.4, -0.2) is 47.9 Å². The quantitative estimate of drug-likeness (QED) is 0.609. The lowest BCUT2D eigenvalue weighted by molar-refractivity contribution is 0.0996. The fourth-order valence-corrected chi connectivity index (χ4v) is 4.21. The van der Waals surface area contributed by atoms with Crippen molar-refractivity contribution < 1.29 is 9.21 Å². The summed E-state index contributed by atoms with van der Waals surface area (Å²) in [6.45, 7) is 4.93. The molecule has 1 aromatic heterocycles. The molecule has 1 aliphatic rings. The smallest absolute Gasteiger partial charge is 0.291 e. The van der Waals surface area contributed by atoms with Gasteiger partial charge >= 0.3 is 0 Å². The number of carbonyl (C=O) groups is 1. The van der Waals surface area contributed by atoms with Crippen molar-refractivity contribution >= 4 is 29.3 Å². The summed E-state index contributed by atoms with van der Waals surface area (Å²) in [6.07, 6.45) is 2.67. The lowest BCUT2D eigenvalue weighted by Crippen LogP contribution is -2.47. The first kappa shape index (κ1) is 19.4. The molecular formula is C20H26N4O2S. The second-order valence-corrected chi connectivity index (χ2v) is 7.79. The molecule has 1 atom stereocenters. The molecule has 2 N–H and O–H groups in total. The molecule has 0 spiro atoms. The third-order valence-electron chi connectivity index (χ3n) is 4.49. The normalized spacial score (nSPS) is 17.6. The highest BCUT2D eigenvalue weighted by molar-refractivity contribution is 8.00. The van der Waals surface area contributed by atoms with Crippen LogP contribution in [0.25, 0.3) is 0 Å². The van der Waals surface area contributed by atoms with E-state index < -0.39 is 0 Å². The highest BCUT2D eigenvalue weighted by Gasteiger charge is 2.21. The van der Waals surface area contributed by atoms with Crippen molar-refractivity contribution in [1.82, 2.24) is 10.2 Å². The summed E-state index contributed by atoms with van der Waals surface area (Å²) in [5, 5.41) is 6.97. The molecule has 1 aromatic carbocycles. The monoisotopic (exact) mass is 386 g/mol. The number of hydrogen-bond acceptors (Lipinski definition) is 4. The zero-order valence-electron chi connectivity index (χ0n) is 15.8. The summed E-state index contributed by atoms with van der Waals surface area (Å²) in [7, 11) is 1.82. The van der Waals surface area contributed by atoms with Gasteiger partial charge in [-0.2, -0.15) is 11.8 Å². The second kappa shape index (κ2) is 9.50. The lowest BCUT2D eigenvalue weighted by atomic mass is 10.2. The number of carbonyl (C=O) groups excluding carboxylic acids is 1. The molecule has 7 heteroatoms. The van der Waals surface area contributed by atoms with Gasteiger partial charge in [0.05, 0.1) is 6.26 Å². The van der Waals surface area contributed by atoms with Gasteiger partial charge < -0.3 is 20.0 Å². The summed E-state index contributed by atoms with van der Waals surface area (Å²) in [4.78, 5) is 18.9. The topological polar surface area (TPSA) is 69.9 Å². The fourth-order valence-electron chi connectivity index (χ4n) is 3.03. The van der Waals surface area contributed by atoms with Gasteiger partial charge in [-0.15, -0.1) is 0 Å². The van der Waals surface area contributed by atoms with Gasteiger partial charge in [-0.3, -0.25) is 9.79 Å². The van der Waals surface area contributed by atoms with E-state index >= 15 is 0 Å². The van der Waals surface area contributed by atoms with E-state index in [1.165, 1.54) is 12.7 Å². The molecule has 2 heterocycles. The van der Waals surface area contributed by atoms with Crippen molar-refractivity contribution in [3.63, 3.8) is 0 Å².